The lowest BCUT2D eigenvalue weighted by atomic mass is 9.86. The van der Waals surface area contributed by atoms with Crippen molar-refractivity contribution < 1.29 is 21.6 Å². The maximum Gasteiger partial charge on any atom is 0.416 e. The maximum atomic E-state index is 13.4. The predicted octanol–water partition coefficient (Wildman–Crippen LogP) is 5.77. The first-order chi connectivity index (χ1) is 15.4. The topological polar surface area (TPSA) is 63.2 Å². The van der Waals surface area contributed by atoms with Gasteiger partial charge in [-0.1, -0.05) is 29.8 Å². The van der Waals surface area contributed by atoms with Crippen LogP contribution in [0.25, 0.3) is 11.0 Å². The van der Waals surface area contributed by atoms with Crippen molar-refractivity contribution in [2.75, 3.05) is 18.0 Å². The first-order valence-corrected chi connectivity index (χ1v) is 12.4. The molecule has 1 aliphatic heterocycles. The third-order valence-corrected chi connectivity index (χ3v) is 9.30. The number of aromatic nitrogens is 2. The Morgan fingerprint density at radius 3 is 2.18 bits per heavy atom. The van der Waals surface area contributed by atoms with Crippen LogP contribution in [-0.4, -0.2) is 36.2 Å². The summed E-state index contributed by atoms with van der Waals surface area (Å²) in [5.41, 5.74) is 0.430. The number of hydrogen-bond acceptors (Lipinski definition) is 5. The fourth-order valence-corrected chi connectivity index (χ4v) is 6.39. The SMILES string of the molecule is CC(C)(C1CCN(c2nc3ccccc3nc2Cl)CC1)S(=O)(=O)c1cccc(C(F)(F)F)c1. The number of rotatable bonds is 4. The summed E-state index contributed by atoms with van der Waals surface area (Å²) in [5, 5.41) is 0.281. The number of sulfone groups is 1. The number of fused-ring (bicyclic) bond motifs is 1. The number of halogens is 4. The van der Waals surface area contributed by atoms with E-state index in [-0.39, 0.29) is 16.0 Å². The van der Waals surface area contributed by atoms with Gasteiger partial charge in [0.15, 0.2) is 20.8 Å². The highest BCUT2D eigenvalue weighted by Crippen LogP contribution is 2.40. The molecule has 0 amide bonds. The second-order valence-electron chi connectivity index (χ2n) is 8.72. The fraction of sp³-hybridized carbons (Fsp3) is 0.391. The van der Waals surface area contributed by atoms with Crippen LogP contribution in [-0.2, 0) is 16.0 Å². The van der Waals surface area contributed by atoms with E-state index < -0.39 is 26.3 Å². The second-order valence-corrected chi connectivity index (χ2v) is 11.6. The number of nitrogens with zero attached hydrogens (tertiary/aromatic N) is 3. The van der Waals surface area contributed by atoms with E-state index in [1.165, 1.54) is 6.07 Å². The van der Waals surface area contributed by atoms with Crippen molar-refractivity contribution in [3.63, 3.8) is 0 Å². The lowest BCUT2D eigenvalue weighted by Gasteiger charge is -2.40. The van der Waals surface area contributed by atoms with Crippen LogP contribution in [0.3, 0.4) is 0 Å². The average molecular weight is 498 g/mol. The number of hydrogen-bond donors (Lipinski definition) is 0. The van der Waals surface area contributed by atoms with Crippen LogP contribution >= 0.6 is 11.6 Å². The minimum atomic E-state index is -4.61. The highest BCUT2D eigenvalue weighted by Gasteiger charge is 2.44. The molecule has 176 valence electrons. The number of benzene rings is 2. The molecule has 0 aliphatic carbocycles. The van der Waals surface area contributed by atoms with Crippen molar-refractivity contribution in [2.24, 2.45) is 5.92 Å². The van der Waals surface area contributed by atoms with Crippen LogP contribution in [0.5, 0.6) is 0 Å². The van der Waals surface area contributed by atoms with Gasteiger partial charge in [-0.2, -0.15) is 13.2 Å². The summed E-state index contributed by atoms with van der Waals surface area (Å²) in [7, 11) is -4.01. The molecule has 0 spiro atoms. The fourth-order valence-electron chi connectivity index (χ4n) is 4.32. The normalized spacial score (nSPS) is 16.4. The molecule has 2 aromatic carbocycles. The minimum Gasteiger partial charge on any atom is -0.354 e. The van der Waals surface area contributed by atoms with E-state index in [0.717, 1.165) is 18.2 Å². The zero-order chi connectivity index (χ0) is 24.0. The van der Waals surface area contributed by atoms with Gasteiger partial charge >= 0.3 is 6.18 Å². The third kappa shape index (κ3) is 4.40. The molecule has 1 saturated heterocycles. The highest BCUT2D eigenvalue weighted by molar-refractivity contribution is 7.92. The van der Waals surface area contributed by atoms with Crippen molar-refractivity contribution in [1.82, 2.24) is 9.97 Å². The lowest BCUT2D eigenvalue weighted by Crippen LogP contribution is -2.46. The molecule has 1 fully saturated rings. The molecule has 0 saturated carbocycles. The summed E-state index contributed by atoms with van der Waals surface area (Å²) in [6.07, 6.45) is -3.56. The predicted molar refractivity (Wildman–Crippen MR) is 122 cm³/mol. The zero-order valence-electron chi connectivity index (χ0n) is 18.1. The van der Waals surface area contributed by atoms with E-state index in [1.54, 1.807) is 13.8 Å². The Balaban J connectivity index is 1.55. The zero-order valence-corrected chi connectivity index (χ0v) is 19.7. The van der Waals surface area contributed by atoms with Gasteiger partial charge in [0.2, 0.25) is 0 Å². The van der Waals surface area contributed by atoms with Crippen LogP contribution in [0, 0.1) is 5.92 Å². The Labute approximate surface area is 195 Å². The van der Waals surface area contributed by atoms with Gasteiger partial charge in [0.25, 0.3) is 0 Å². The molecule has 10 heteroatoms. The van der Waals surface area contributed by atoms with Crippen molar-refractivity contribution in [1.29, 1.82) is 0 Å². The van der Waals surface area contributed by atoms with Crippen LogP contribution in [0.2, 0.25) is 5.15 Å². The molecule has 5 nitrogen and oxygen atoms in total. The number of anilines is 1. The van der Waals surface area contributed by atoms with Crippen molar-refractivity contribution in [3.05, 3.63) is 59.2 Å². The molecule has 33 heavy (non-hydrogen) atoms. The lowest BCUT2D eigenvalue weighted by molar-refractivity contribution is -0.137. The van der Waals surface area contributed by atoms with Gasteiger partial charge in [-0.3, -0.25) is 0 Å². The molecule has 1 aliphatic rings. The molecule has 0 N–H and O–H groups in total. The van der Waals surface area contributed by atoms with Crippen molar-refractivity contribution in [2.45, 2.75) is 42.5 Å². The summed E-state index contributed by atoms with van der Waals surface area (Å²) in [5.74, 6) is 0.299. The average Bonchev–Trinajstić information content (AvgIpc) is 2.78. The van der Waals surface area contributed by atoms with Gasteiger partial charge in [-0.25, -0.2) is 18.4 Å². The Bertz CT molecular complexity index is 1290. The van der Waals surface area contributed by atoms with E-state index in [0.29, 0.717) is 42.8 Å². The van der Waals surface area contributed by atoms with Crippen molar-refractivity contribution >= 4 is 38.3 Å². The van der Waals surface area contributed by atoms with E-state index in [4.69, 9.17) is 11.6 Å². The molecule has 1 aromatic heterocycles. The Kier molecular flexibility index (Phi) is 6.07. The summed E-state index contributed by atoms with van der Waals surface area (Å²) in [6.45, 7) is 4.20. The molecular formula is C23H23ClF3N3O2S. The molecule has 0 bridgehead atoms. The molecule has 0 unspecified atom stereocenters. The first kappa shape index (κ1) is 23.8. The third-order valence-electron chi connectivity index (χ3n) is 6.45. The second kappa shape index (κ2) is 8.43. The van der Waals surface area contributed by atoms with Gasteiger partial charge in [-0.15, -0.1) is 0 Å². The number of alkyl halides is 3. The molecule has 4 rings (SSSR count). The summed E-state index contributed by atoms with van der Waals surface area (Å²) >= 11 is 6.36. The van der Waals surface area contributed by atoms with E-state index >= 15 is 0 Å². The first-order valence-electron chi connectivity index (χ1n) is 10.5. The van der Waals surface area contributed by atoms with Gasteiger partial charge in [-0.05, 0) is 62.9 Å². The maximum absolute atomic E-state index is 13.4. The molecular weight excluding hydrogens is 475 g/mol. The Morgan fingerprint density at radius 1 is 0.970 bits per heavy atom. The van der Waals surface area contributed by atoms with E-state index in [9.17, 15) is 21.6 Å². The molecule has 0 radical (unpaired) electrons. The molecule has 3 aromatic rings. The Hall–Kier alpha value is -2.39. The molecule has 0 atom stereocenters. The van der Waals surface area contributed by atoms with Crippen LogP contribution in [0.4, 0.5) is 19.0 Å². The van der Waals surface area contributed by atoms with Crippen LogP contribution < -0.4 is 4.90 Å². The van der Waals surface area contributed by atoms with Gasteiger partial charge in [0, 0.05) is 13.1 Å². The van der Waals surface area contributed by atoms with E-state index in [1.807, 2.05) is 29.2 Å². The van der Waals surface area contributed by atoms with Crippen molar-refractivity contribution in [3.8, 4) is 0 Å². The van der Waals surface area contributed by atoms with Gasteiger partial charge in [0.1, 0.15) is 0 Å². The van der Waals surface area contributed by atoms with Crippen LogP contribution in [0.15, 0.2) is 53.4 Å². The smallest absolute Gasteiger partial charge is 0.354 e. The van der Waals surface area contributed by atoms with Gasteiger partial charge in [0.05, 0.1) is 26.2 Å². The largest absolute Gasteiger partial charge is 0.416 e. The highest BCUT2D eigenvalue weighted by atomic mass is 35.5. The standard InChI is InChI=1S/C23H23ClF3N3O2S/c1-22(2,33(31,32)17-7-5-6-16(14-17)23(25,26)27)15-10-12-30(13-11-15)21-20(24)28-18-8-3-4-9-19(18)29-21/h3-9,14-15H,10-13H2,1-2H3. The summed E-state index contributed by atoms with van der Waals surface area (Å²) in [6, 6.07) is 11.3. The van der Waals surface area contributed by atoms with Gasteiger partial charge < -0.3 is 4.90 Å². The van der Waals surface area contributed by atoms with E-state index in [2.05, 4.69) is 9.97 Å². The minimum absolute atomic E-state index is 0.250. The quantitative estimate of drug-likeness (QED) is 0.458. The Morgan fingerprint density at radius 2 is 1.58 bits per heavy atom. The monoisotopic (exact) mass is 497 g/mol. The summed E-state index contributed by atoms with van der Waals surface area (Å²) < 4.78 is 64.8. The number of piperidine rings is 1. The summed E-state index contributed by atoms with van der Waals surface area (Å²) in [4.78, 5) is 10.7. The van der Waals surface area contributed by atoms with Crippen LogP contribution in [0.1, 0.15) is 32.3 Å². The molecule has 2 heterocycles. The number of para-hydroxylation sites is 2.